The Bertz CT molecular complexity index is 614. The number of carbonyl (C=O) groups is 1. The van der Waals surface area contributed by atoms with Gasteiger partial charge in [-0.3, -0.25) is 4.79 Å². The van der Waals surface area contributed by atoms with Gasteiger partial charge in [0.25, 0.3) is 5.91 Å². The number of hydrogen-bond donors (Lipinski definition) is 0. The molecule has 1 aliphatic heterocycles. The van der Waals surface area contributed by atoms with Crippen molar-refractivity contribution in [2.24, 2.45) is 5.92 Å². The van der Waals surface area contributed by atoms with Crippen LogP contribution in [-0.2, 0) is 0 Å². The van der Waals surface area contributed by atoms with Crippen LogP contribution in [0.5, 0.6) is 11.5 Å². The Kier molecular flexibility index (Phi) is 4.42. The molecule has 0 atom stereocenters. The summed E-state index contributed by atoms with van der Waals surface area (Å²) in [4.78, 5) is 14.4. The molecule has 0 N–H and O–H groups in total. The monoisotopic (exact) mass is 295 g/mol. The third-order valence-electron chi connectivity index (χ3n) is 4.15. The summed E-state index contributed by atoms with van der Waals surface area (Å²) in [6.07, 6.45) is 2.20. The number of carbonyl (C=O) groups excluding carboxylic acids is 1. The third-order valence-corrected chi connectivity index (χ3v) is 4.15. The predicted molar refractivity (Wildman–Crippen MR) is 87.3 cm³/mol. The summed E-state index contributed by atoms with van der Waals surface area (Å²) in [5.74, 6) is 2.39. The van der Waals surface area contributed by atoms with E-state index in [1.54, 1.807) is 0 Å². The summed E-state index contributed by atoms with van der Waals surface area (Å²) < 4.78 is 5.75. The minimum absolute atomic E-state index is 0.123. The number of rotatable bonds is 3. The van der Waals surface area contributed by atoms with Gasteiger partial charge < -0.3 is 9.64 Å². The van der Waals surface area contributed by atoms with Gasteiger partial charge in [-0.05, 0) is 55.2 Å². The second kappa shape index (κ2) is 6.65. The molecule has 0 spiro atoms. The van der Waals surface area contributed by atoms with E-state index < -0.39 is 0 Å². The van der Waals surface area contributed by atoms with Gasteiger partial charge >= 0.3 is 0 Å². The highest BCUT2D eigenvalue weighted by Gasteiger charge is 2.21. The van der Waals surface area contributed by atoms with Crippen molar-refractivity contribution < 1.29 is 9.53 Å². The van der Waals surface area contributed by atoms with Crippen LogP contribution in [0.15, 0.2) is 54.6 Å². The lowest BCUT2D eigenvalue weighted by Gasteiger charge is -2.30. The molecule has 1 aliphatic rings. The van der Waals surface area contributed by atoms with Gasteiger partial charge in [-0.1, -0.05) is 25.1 Å². The van der Waals surface area contributed by atoms with Crippen LogP contribution in [0.2, 0.25) is 0 Å². The molecule has 0 aromatic heterocycles. The first kappa shape index (κ1) is 14.6. The first-order chi connectivity index (χ1) is 10.7. The van der Waals surface area contributed by atoms with Gasteiger partial charge in [0.2, 0.25) is 0 Å². The van der Waals surface area contributed by atoms with Crippen molar-refractivity contribution in [3.63, 3.8) is 0 Å². The van der Waals surface area contributed by atoms with Crippen molar-refractivity contribution in [2.45, 2.75) is 19.8 Å². The fourth-order valence-electron chi connectivity index (χ4n) is 2.68. The number of nitrogens with zero attached hydrogens (tertiary/aromatic N) is 1. The Morgan fingerprint density at radius 3 is 2.18 bits per heavy atom. The summed E-state index contributed by atoms with van der Waals surface area (Å²) in [7, 11) is 0. The zero-order valence-corrected chi connectivity index (χ0v) is 12.9. The molecule has 0 saturated carbocycles. The number of hydrogen-bond acceptors (Lipinski definition) is 2. The van der Waals surface area contributed by atoms with Gasteiger partial charge in [0.1, 0.15) is 11.5 Å². The van der Waals surface area contributed by atoms with Crippen molar-refractivity contribution in [1.82, 2.24) is 4.90 Å². The third kappa shape index (κ3) is 3.48. The Labute approximate surface area is 131 Å². The van der Waals surface area contributed by atoms with E-state index in [1.165, 1.54) is 0 Å². The normalized spacial score (nSPS) is 15.6. The molecule has 2 aromatic carbocycles. The van der Waals surface area contributed by atoms with Crippen LogP contribution in [0.25, 0.3) is 0 Å². The molecule has 1 fully saturated rings. The van der Waals surface area contributed by atoms with Gasteiger partial charge in [-0.25, -0.2) is 0 Å². The van der Waals surface area contributed by atoms with E-state index >= 15 is 0 Å². The smallest absolute Gasteiger partial charge is 0.253 e. The molecule has 0 radical (unpaired) electrons. The van der Waals surface area contributed by atoms with E-state index in [-0.39, 0.29) is 5.91 Å². The minimum Gasteiger partial charge on any atom is -0.457 e. The van der Waals surface area contributed by atoms with E-state index in [1.807, 2.05) is 59.5 Å². The fraction of sp³-hybridized carbons (Fsp3) is 0.316. The second-order valence-electron chi connectivity index (χ2n) is 5.91. The molecule has 2 aromatic rings. The number of piperidine rings is 1. The lowest BCUT2D eigenvalue weighted by molar-refractivity contribution is 0.0697. The van der Waals surface area contributed by atoms with Crippen LogP contribution in [0, 0.1) is 5.92 Å². The van der Waals surface area contributed by atoms with Crippen LogP contribution in [-0.4, -0.2) is 23.9 Å². The number of likely N-dealkylation sites (tertiary alicyclic amines) is 1. The lowest BCUT2D eigenvalue weighted by Crippen LogP contribution is -2.37. The Hall–Kier alpha value is -2.29. The molecule has 0 unspecified atom stereocenters. The number of para-hydroxylation sites is 1. The fourth-order valence-corrected chi connectivity index (χ4v) is 2.68. The molecule has 3 heteroatoms. The van der Waals surface area contributed by atoms with Crippen LogP contribution in [0.1, 0.15) is 30.1 Å². The molecular weight excluding hydrogens is 274 g/mol. The van der Waals surface area contributed by atoms with Crippen molar-refractivity contribution in [2.75, 3.05) is 13.1 Å². The highest BCUT2D eigenvalue weighted by atomic mass is 16.5. The quantitative estimate of drug-likeness (QED) is 0.842. The maximum atomic E-state index is 12.5. The summed E-state index contributed by atoms with van der Waals surface area (Å²) in [6, 6.07) is 17.0. The zero-order valence-electron chi connectivity index (χ0n) is 12.9. The highest BCUT2D eigenvalue weighted by Crippen LogP contribution is 2.23. The van der Waals surface area contributed by atoms with Crippen LogP contribution >= 0.6 is 0 Å². The Morgan fingerprint density at radius 2 is 1.55 bits per heavy atom. The molecule has 114 valence electrons. The van der Waals surface area contributed by atoms with E-state index in [4.69, 9.17) is 4.74 Å². The zero-order chi connectivity index (χ0) is 15.4. The SMILES string of the molecule is CC1CCN(C(=O)c2ccc(Oc3ccccc3)cc2)CC1. The molecule has 22 heavy (non-hydrogen) atoms. The summed E-state index contributed by atoms with van der Waals surface area (Å²) >= 11 is 0. The van der Waals surface area contributed by atoms with Crippen molar-refractivity contribution in [1.29, 1.82) is 0 Å². The molecule has 0 aliphatic carbocycles. The van der Waals surface area contributed by atoms with Crippen molar-refractivity contribution in [3.8, 4) is 11.5 Å². The van der Waals surface area contributed by atoms with Crippen molar-refractivity contribution in [3.05, 3.63) is 60.2 Å². The molecule has 3 nitrogen and oxygen atoms in total. The van der Waals surface area contributed by atoms with Gasteiger partial charge in [0, 0.05) is 18.7 Å². The van der Waals surface area contributed by atoms with E-state index in [0.29, 0.717) is 0 Å². The van der Waals surface area contributed by atoms with Gasteiger partial charge in [-0.2, -0.15) is 0 Å². The second-order valence-corrected chi connectivity index (χ2v) is 5.91. The molecule has 0 bridgehead atoms. The summed E-state index contributed by atoms with van der Waals surface area (Å²) in [6.45, 7) is 3.97. The summed E-state index contributed by atoms with van der Waals surface area (Å²) in [5, 5.41) is 0. The average Bonchev–Trinajstić information content (AvgIpc) is 2.57. The van der Waals surface area contributed by atoms with Gasteiger partial charge in [0.15, 0.2) is 0 Å². The van der Waals surface area contributed by atoms with E-state index in [2.05, 4.69) is 6.92 Å². The molecular formula is C19H21NO2. The van der Waals surface area contributed by atoms with Crippen molar-refractivity contribution >= 4 is 5.91 Å². The Morgan fingerprint density at radius 1 is 0.955 bits per heavy atom. The molecule has 1 saturated heterocycles. The molecule has 3 rings (SSSR count). The molecule has 1 heterocycles. The maximum absolute atomic E-state index is 12.5. The first-order valence-corrected chi connectivity index (χ1v) is 7.84. The van der Waals surface area contributed by atoms with Crippen LogP contribution in [0.3, 0.4) is 0 Å². The maximum Gasteiger partial charge on any atom is 0.253 e. The first-order valence-electron chi connectivity index (χ1n) is 7.84. The highest BCUT2D eigenvalue weighted by molar-refractivity contribution is 5.94. The lowest BCUT2D eigenvalue weighted by atomic mass is 9.98. The molecule has 1 amide bonds. The van der Waals surface area contributed by atoms with Crippen LogP contribution < -0.4 is 4.74 Å². The largest absolute Gasteiger partial charge is 0.457 e. The number of benzene rings is 2. The van der Waals surface area contributed by atoms with Gasteiger partial charge in [0.05, 0.1) is 0 Å². The average molecular weight is 295 g/mol. The predicted octanol–water partition coefficient (Wildman–Crippen LogP) is 4.35. The Balaban J connectivity index is 1.65. The number of ether oxygens (including phenoxy) is 1. The van der Waals surface area contributed by atoms with Crippen LogP contribution in [0.4, 0.5) is 0 Å². The number of amides is 1. The topological polar surface area (TPSA) is 29.5 Å². The minimum atomic E-state index is 0.123. The van der Waals surface area contributed by atoms with Gasteiger partial charge in [-0.15, -0.1) is 0 Å². The van der Waals surface area contributed by atoms with E-state index in [0.717, 1.165) is 48.9 Å². The summed E-state index contributed by atoms with van der Waals surface area (Å²) in [5.41, 5.74) is 0.731. The standard InChI is InChI=1S/C19H21NO2/c1-15-11-13-20(14-12-15)19(21)16-7-9-18(10-8-16)22-17-5-3-2-4-6-17/h2-10,15H,11-14H2,1H3. The van der Waals surface area contributed by atoms with E-state index in [9.17, 15) is 4.79 Å².